The van der Waals surface area contributed by atoms with Crippen LogP contribution in [0, 0.1) is 10.1 Å². The summed E-state index contributed by atoms with van der Waals surface area (Å²) >= 11 is 0. The number of nitro groups is 1. The van der Waals surface area contributed by atoms with E-state index in [1.54, 1.807) is 31.4 Å². The molecule has 0 spiro atoms. The van der Waals surface area contributed by atoms with Gasteiger partial charge in [-0.2, -0.15) is 0 Å². The van der Waals surface area contributed by atoms with Crippen LogP contribution in [0.1, 0.15) is 30.7 Å². The van der Waals surface area contributed by atoms with E-state index in [0.717, 1.165) is 0 Å². The van der Waals surface area contributed by atoms with E-state index in [1.807, 2.05) is 0 Å². The summed E-state index contributed by atoms with van der Waals surface area (Å²) in [6, 6.07) is 6.97. The Kier molecular flexibility index (Phi) is 3.37. The Hall–Kier alpha value is -2.37. The smallest absolute Gasteiger partial charge is 0.364 e. The van der Waals surface area contributed by atoms with Gasteiger partial charge in [0.25, 0.3) is 0 Å². The molecule has 2 aliphatic rings. The normalized spacial score (nSPS) is 24.5. The SMILES string of the molecule is COc1ccc([C@@H]2C3=C(CCCC3=O)O[C@H]2[N+](=O)[O-])cc1. The summed E-state index contributed by atoms with van der Waals surface area (Å²) in [6.07, 6.45) is 0.500. The summed E-state index contributed by atoms with van der Waals surface area (Å²) in [7, 11) is 1.55. The van der Waals surface area contributed by atoms with Crippen molar-refractivity contribution in [3.05, 3.63) is 51.3 Å². The quantitative estimate of drug-likeness (QED) is 0.630. The number of carbonyl (C=O) groups excluding carboxylic acids is 1. The Balaban J connectivity index is 2.03. The van der Waals surface area contributed by atoms with Gasteiger partial charge >= 0.3 is 6.23 Å². The zero-order valence-corrected chi connectivity index (χ0v) is 11.6. The largest absolute Gasteiger partial charge is 0.497 e. The summed E-state index contributed by atoms with van der Waals surface area (Å²) < 4.78 is 10.5. The standard InChI is InChI=1S/C15H15NO5/c1-20-10-7-5-9(6-8-10)13-14-11(17)3-2-4-12(14)21-15(13)16(18)19/h5-8,13,15H,2-4H2,1H3/t13-,15-/m1/s1. The molecule has 6 heteroatoms. The van der Waals surface area contributed by atoms with Crippen LogP contribution < -0.4 is 4.74 Å². The van der Waals surface area contributed by atoms with Crippen molar-refractivity contribution in [2.45, 2.75) is 31.4 Å². The van der Waals surface area contributed by atoms with Crippen molar-refractivity contribution in [1.82, 2.24) is 0 Å². The molecule has 110 valence electrons. The van der Waals surface area contributed by atoms with Gasteiger partial charge in [-0.15, -0.1) is 0 Å². The summed E-state index contributed by atoms with van der Waals surface area (Å²) in [4.78, 5) is 23.0. The summed E-state index contributed by atoms with van der Waals surface area (Å²) in [5.41, 5.74) is 1.19. The molecule has 3 rings (SSSR count). The molecule has 1 aliphatic heterocycles. The first-order valence-electron chi connectivity index (χ1n) is 6.82. The summed E-state index contributed by atoms with van der Waals surface area (Å²) in [5, 5.41) is 11.3. The maximum absolute atomic E-state index is 12.2. The number of rotatable bonds is 3. The first-order valence-corrected chi connectivity index (χ1v) is 6.82. The summed E-state index contributed by atoms with van der Waals surface area (Å²) in [5.74, 6) is 0.489. The topological polar surface area (TPSA) is 78.7 Å². The van der Waals surface area contributed by atoms with Crippen molar-refractivity contribution in [3.63, 3.8) is 0 Å². The first kappa shape index (κ1) is 13.6. The van der Waals surface area contributed by atoms with E-state index >= 15 is 0 Å². The molecule has 21 heavy (non-hydrogen) atoms. The minimum absolute atomic E-state index is 0.0404. The monoisotopic (exact) mass is 289 g/mol. The molecule has 1 aliphatic carbocycles. The highest BCUT2D eigenvalue weighted by atomic mass is 16.7. The van der Waals surface area contributed by atoms with E-state index in [2.05, 4.69) is 0 Å². The molecule has 0 aromatic heterocycles. The van der Waals surface area contributed by atoms with Crippen molar-refractivity contribution in [1.29, 1.82) is 0 Å². The Morgan fingerprint density at radius 3 is 2.62 bits per heavy atom. The predicted octanol–water partition coefficient (Wildman–Crippen LogP) is 2.42. The van der Waals surface area contributed by atoms with Crippen LogP contribution in [-0.4, -0.2) is 24.0 Å². The van der Waals surface area contributed by atoms with E-state index in [-0.39, 0.29) is 5.78 Å². The molecular weight excluding hydrogens is 274 g/mol. The van der Waals surface area contributed by atoms with Crippen molar-refractivity contribution in [2.24, 2.45) is 0 Å². The van der Waals surface area contributed by atoms with Gasteiger partial charge in [-0.25, -0.2) is 0 Å². The fourth-order valence-electron chi connectivity index (χ4n) is 2.97. The molecular formula is C15H15NO5. The summed E-state index contributed by atoms with van der Waals surface area (Å²) in [6.45, 7) is 0. The molecule has 0 amide bonds. The number of ether oxygens (including phenoxy) is 2. The number of hydrogen-bond acceptors (Lipinski definition) is 5. The molecule has 0 radical (unpaired) electrons. The third-order valence-electron chi connectivity index (χ3n) is 3.95. The van der Waals surface area contributed by atoms with E-state index in [9.17, 15) is 14.9 Å². The number of methoxy groups -OCH3 is 1. The highest BCUT2D eigenvalue weighted by Crippen LogP contribution is 2.44. The van der Waals surface area contributed by atoms with E-state index < -0.39 is 17.1 Å². The van der Waals surface area contributed by atoms with Crippen LogP contribution in [0.2, 0.25) is 0 Å². The van der Waals surface area contributed by atoms with Crippen LogP contribution >= 0.6 is 0 Å². The molecule has 0 N–H and O–H groups in total. The minimum Gasteiger partial charge on any atom is -0.497 e. The number of ketones is 1. The molecule has 1 heterocycles. The van der Waals surface area contributed by atoms with Crippen LogP contribution in [0.3, 0.4) is 0 Å². The second kappa shape index (κ2) is 5.20. The number of nitrogens with zero attached hydrogens (tertiary/aromatic N) is 1. The number of hydrogen-bond donors (Lipinski definition) is 0. The van der Waals surface area contributed by atoms with Crippen LogP contribution in [0.15, 0.2) is 35.6 Å². The zero-order valence-electron chi connectivity index (χ0n) is 11.6. The Bertz CT molecular complexity index is 619. The maximum Gasteiger partial charge on any atom is 0.364 e. The third kappa shape index (κ3) is 2.26. The van der Waals surface area contributed by atoms with Crippen molar-refractivity contribution < 1.29 is 19.2 Å². The molecule has 0 unspecified atom stereocenters. The highest BCUT2D eigenvalue weighted by molar-refractivity contribution is 5.98. The number of Topliss-reactive ketones (excluding diaryl/α,β-unsaturated/α-hetero) is 1. The Labute approximate surface area is 121 Å². The molecule has 0 saturated carbocycles. The fraction of sp³-hybridized carbons (Fsp3) is 0.400. The van der Waals surface area contributed by atoms with Gasteiger partial charge in [0.2, 0.25) is 0 Å². The molecule has 1 aromatic carbocycles. The molecule has 2 atom stereocenters. The average molecular weight is 289 g/mol. The lowest BCUT2D eigenvalue weighted by Gasteiger charge is -2.16. The minimum atomic E-state index is -1.22. The Morgan fingerprint density at radius 2 is 2.00 bits per heavy atom. The maximum atomic E-state index is 12.2. The van der Waals surface area contributed by atoms with Crippen LogP contribution in [-0.2, 0) is 9.53 Å². The Morgan fingerprint density at radius 1 is 1.29 bits per heavy atom. The zero-order chi connectivity index (χ0) is 15.0. The van der Waals surface area contributed by atoms with Gasteiger partial charge in [0.05, 0.1) is 17.6 Å². The molecule has 0 saturated heterocycles. The predicted molar refractivity (Wildman–Crippen MR) is 73.5 cm³/mol. The number of benzene rings is 1. The van der Waals surface area contributed by atoms with Crippen molar-refractivity contribution in [2.75, 3.05) is 7.11 Å². The van der Waals surface area contributed by atoms with Crippen LogP contribution in [0.5, 0.6) is 5.75 Å². The number of carbonyl (C=O) groups is 1. The van der Waals surface area contributed by atoms with Gasteiger partial charge in [0.1, 0.15) is 17.4 Å². The molecule has 0 bridgehead atoms. The van der Waals surface area contributed by atoms with Gasteiger partial charge in [-0.1, -0.05) is 12.1 Å². The van der Waals surface area contributed by atoms with Gasteiger partial charge in [0, 0.05) is 12.8 Å². The highest BCUT2D eigenvalue weighted by Gasteiger charge is 2.48. The lowest BCUT2D eigenvalue weighted by Crippen LogP contribution is -2.27. The molecule has 0 fully saturated rings. The lowest BCUT2D eigenvalue weighted by atomic mass is 9.84. The van der Waals surface area contributed by atoms with E-state index in [1.165, 1.54) is 0 Å². The molecule has 1 aromatic rings. The second-order valence-corrected chi connectivity index (χ2v) is 5.16. The average Bonchev–Trinajstić information content (AvgIpc) is 2.88. The van der Waals surface area contributed by atoms with Gasteiger partial charge in [-0.3, -0.25) is 14.9 Å². The molecule has 6 nitrogen and oxygen atoms in total. The van der Waals surface area contributed by atoms with Gasteiger partial charge in [0.15, 0.2) is 5.78 Å². The van der Waals surface area contributed by atoms with Gasteiger partial charge in [-0.05, 0) is 24.1 Å². The van der Waals surface area contributed by atoms with Crippen LogP contribution in [0.25, 0.3) is 0 Å². The van der Waals surface area contributed by atoms with Crippen LogP contribution in [0.4, 0.5) is 0 Å². The third-order valence-corrected chi connectivity index (χ3v) is 3.95. The number of allylic oxidation sites excluding steroid dienone is 1. The fourth-order valence-corrected chi connectivity index (χ4v) is 2.97. The second-order valence-electron chi connectivity index (χ2n) is 5.16. The van der Waals surface area contributed by atoms with Crippen molar-refractivity contribution >= 4 is 5.78 Å². The van der Waals surface area contributed by atoms with Gasteiger partial charge < -0.3 is 9.47 Å². The lowest BCUT2D eigenvalue weighted by molar-refractivity contribution is -0.570. The first-order chi connectivity index (χ1) is 10.1. The van der Waals surface area contributed by atoms with E-state index in [0.29, 0.717) is 41.9 Å². The van der Waals surface area contributed by atoms with Crippen molar-refractivity contribution in [3.8, 4) is 5.75 Å². The van der Waals surface area contributed by atoms with E-state index in [4.69, 9.17) is 9.47 Å².